The summed E-state index contributed by atoms with van der Waals surface area (Å²) in [6.45, 7) is 8.61. The summed E-state index contributed by atoms with van der Waals surface area (Å²) in [4.78, 5) is 18.4. The average molecular weight is 527 g/mol. The second kappa shape index (κ2) is 12.6. The van der Waals surface area contributed by atoms with Crippen LogP contribution in [0.5, 0.6) is 0 Å². The number of aliphatic imine (C=N–C) groups is 1. The quantitative estimate of drug-likeness (QED) is 0.246. The van der Waals surface area contributed by atoms with E-state index in [9.17, 15) is 4.79 Å². The first kappa shape index (κ1) is 25.9. The van der Waals surface area contributed by atoms with Gasteiger partial charge in [0.1, 0.15) is 0 Å². The topological polar surface area (TPSA) is 71.8 Å². The Hall–Kier alpha value is -2.10. The summed E-state index contributed by atoms with van der Waals surface area (Å²) in [6, 6.07) is 7.47. The Kier molecular flexibility index (Phi) is 10.9. The molecule has 0 unspecified atom stereocenters. The van der Waals surface area contributed by atoms with Gasteiger partial charge in [-0.3, -0.25) is 9.67 Å². The van der Waals surface area contributed by atoms with E-state index in [1.54, 1.807) is 12.1 Å². The van der Waals surface area contributed by atoms with E-state index in [-0.39, 0.29) is 29.9 Å². The molecule has 166 valence electrons. The van der Waals surface area contributed by atoms with Crippen LogP contribution in [0.1, 0.15) is 53.9 Å². The monoisotopic (exact) mass is 527 g/mol. The van der Waals surface area contributed by atoms with Gasteiger partial charge in [-0.15, -0.1) is 24.0 Å². The number of benzene rings is 1. The molecule has 2 rings (SSSR count). The van der Waals surface area contributed by atoms with Crippen molar-refractivity contribution in [3.8, 4) is 0 Å². The highest BCUT2D eigenvalue weighted by Gasteiger charge is 2.15. The highest BCUT2D eigenvalue weighted by atomic mass is 127. The predicted octanol–water partition coefficient (Wildman–Crippen LogP) is 3.59. The molecule has 0 aliphatic heterocycles. The Labute approximate surface area is 196 Å². The van der Waals surface area contributed by atoms with Crippen LogP contribution >= 0.6 is 24.0 Å². The number of guanidine groups is 1. The lowest BCUT2D eigenvalue weighted by Crippen LogP contribution is -2.38. The van der Waals surface area contributed by atoms with E-state index in [1.165, 1.54) is 12.7 Å². The lowest BCUT2D eigenvalue weighted by molar-refractivity contribution is 0.0600. The van der Waals surface area contributed by atoms with Crippen LogP contribution in [0.25, 0.3) is 0 Å². The molecule has 0 amide bonds. The van der Waals surface area contributed by atoms with Crippen LogP contribution in [-0.4, -0.2) is 53.9 Å². The van der Waals surface area contributed by atoms with Crippen molar-refractivity contribution in [2.45, 2.75) is 39.7 Å². The Balaban J connectivity index is 0.00000450. The van der Waals surface area contributed by atoms with Crippen molar-refractivity contribution in [3.63, 3.8) is 0 Å². The molecule has 8 heteroatoms. The zero-order valence-electron chi connectivity index (χ0n) is 18.8. The fourth-order valence-corrected chi connectivity index (χ4v) is 3.18. The predicted molar refractivity (Wildman–Crippen MR) is 132 cm³/mol. The van der Waals surface area contributed by atoms with E-state index in [2.05, 4.69) is 42.3 Å². The molecule has 1 aromatic heterocycles. The number of halogens is 1. The maximum absolute atomic E-state index is 11.5. The van der Waals surface area contributed by atoms with Crippen molar-refractivity contribution in [1.29, 1.82) is 0 Å². The van der Waals surface area contributed by atoms with Gasteiger partial charge in [0.15, 0.2) is 5.96 Å². The summed E-state index contributed by atoms with van der Waals surface area (Å²) in [5, 5.41) is 7.96. The second-order valence-corrected chi connectivity index (χ2v) is 7.40. The molecular weight excluding hydrogens is 493 g/mol. The van der Waals surface area contributed by atoms with Crippen LogP contribution in [0.15, 0.2) is 35.5 Å². The Morgan fingerprint density at radius 2 is 1.97 bits per heavy atom. The zero-order valence-corrected chi connectivity index (χ0v) is 21.1. The van der Waals surface area contributed by atoms with Crippen molar-refractivity contribution in [2.24, 2.45) is 12.0 Å². The third-order valence-corrected chi connectivity index (χ3v) is 4.63. The number of ether oxygens (including phenoxy) is 1. The molecule has 0 aliphatic rings. The third kappa shape index (κ3) is 7.30. The molecule has 0 atom stereocenters. The summed E-state index contributed by atoms with van der Waals surface area (Å²) < 4.78 is 6.61. The number of esters is 1. The van der Waals surface area contributed by atoms with Gasteiger partial charge in [-0.1, -0.05) is 26.0 Å². The maximum Gasteiger partial charge on any atom is 0.337 e. The molecular formula is C22H34IN5O2. The van der Waals surface area contributed by atoms with Gasteiger partial charge >= 0.3 is 5.97 Å². The largest absolute Gasteiger partial charge is 0.465 e. The molecule has 0 radical (unpaired) electrons. The first-order valence-corrected chi connectivity index (χ1v) is 10.0. The molecule has 30 heavy (non-hydrogen) atoms. The van der Waals surface area contributed by atoms with Gasteiger partial charge in [0.25, 0.3) is 0 Å². The number of carbonyl (C=O) groups is 1. The van der Waals surface area contributed by atoms with E-state index in [4.69, 9.17) is 9.73 Å². The minimum Gasteiger partial charge on any atom is -0.465 e. The van der Waals surface area contributed by atoms with Gasteiger partial charge < -0.3 is 15.0 Å². The van der Waals surface area contributed by atoms with Crippen molar-refractivity contribution < 1.29 is 9.53 Å². The van der Waals surface area contributed by atoms with Crippen LogP contribution in [0, 0.1) is 0 Å². The summed E-state index contributed by atoms with van der Waals surface area (Å²) in [5.74, 6) is 0.936. The van der Waals surface area contributed by atoms with E-state index in [0.29, 0.717) is 18.0 Å². The minimum absolute atomic E-state index is 0. The molecule has 0 fully saturated rings. The van der Waals surface area contributed by atoms with Crippen molar-refractivity contribution >= 4 is 35.9 Å². The minimum atomic E-state index is -0.318. The summed E-state index contributed by atoms with van der Waals surface area (Å²) in [6.07, 6.45) is 2.88. The van der Waals surface area contributed by atoms with Crippen LogP contribution in [0.4, 0.5) is 0 Å². The molecule has 0 saturated heterocycles. The normalized spacial score (nSPS) is 11.2. The molecule has 7 nitrogen and oxygen atoms in total. The number of hydrogen-bond acceptors (Lipinski definition) is 4. The fourth-order valence-electron chi connectivity index (χ4n) is 3.18. The average Bonchev–Trinajstić information content (AvgIpc) is 3.07. The number of methoxy groups -OCH3 is 1. The second-order valence-electron chi connectivity index (χ2n) is 7.40. The number of aromatic nitrogens is 2. The molecule has 0 bridgehead atoms. The number of nitrogens with zero attached hydrogens (tertiary/aromatic N) is 4. The van der Waals surface area contributed by atoms with E-state index in [0.717, 1.165) is 36.7 Å². The van der Waals surface area contributed by atoms with Crippen LogP contribution in [0.2, 0.25) is 0 Å². The first-order valence-electron chi connectivity index (χ1n) is 10.0. The first-order chi connectivity index (χ1) is 13.8. The number of hydrogen-bond donors (Lipinski definition) is 1. The van der Waals surface area contributed by atoms with Crippen LogP contribution in [0.3, 0.4) is 0 Å². The van der Waals surface area contributed by atoms with Crippen LogP contribution < -0.4 is 5.32 Å². The highest BCUT2D eigenvalue weighted by Crippen LogP contribution is 2.18. The molecule has 2 aromatic rings. The highest BCUT2D eigenvalue weighted by molar-refractivity contribution is 14.0. The molecule has 0 saturated carbocycles. The van der Waals surface area contributed by atoms with Gasteiger partial charge in [0.2, 0.25) is 0 Å². The lowest BCUT2D eigenvalue weighted by Gasteiger charge is -2.22. The van der Waals surface area contributed by atoms with Gasteiger partial charge in [-0.05, 0) is 37.0 Å². The van der Waals surface area contributed by atoms with Gasteiger partial charge in [-0.25, -0.2) is 4.79 Å². The molecule has 1 N–H and O–H groups in total. The fraction of sp³-hybridized carbons (Fsp3) is 0.500. The standard InChI is InChI=1S/C22H33N5O2.HI/c1-7-23-22(26(4)14-19-15-27(5)25-20(19)16(2)3)24-13-12-17-8-10-18(11-9-17)21(28)29-6;/h8-11,15-16H,7,12-14H2,1-6H3,(H,23,24);1H. The molecule has 1 aromatic carbocycles. The SMILES string of the molecule is CCNC(=NCCc1ccc(C(=O)OC)cc1)N(C)Cc1cn(C)nc1C(C)C.I. The van der Waals surface area contributed by atoms with Gasteiger partial charge in [-0.2, -0.15) is 5.10 Å². The summed E-state index contributed by atoms with van der Waals surface area (Å²) in [7, 11) is 5.39. The third-order valence-electron chi connectivity index (χ3n) is 4.63. The summed E-state index contributed by atoms with van der Waals surface area (Å²) in [5.41, 5.74) is 4.04. The number of aryl methyl sites for hydroxylation is 1. The summed E-state index contributed by atoms with van der Waals surface area (Å²) >= 11 is 0. The van der Waals surface area contributed by atoms with Gasteiger partial charge in [0, 0.05) is 45.5 Å². The van der Waals surface area contributed by atoms with E-state index < -0.39 is 0 Å². The Morgan fingerprint density at radius 1 is 1.30 bits per heavy atom. The van der Waals surface area contributed by atoms with Crippen molar-refractivity contribution in [2.75, 3.05) is 27.2 Å². The molecule has 0 aliphatic carbocycles. The van der Waals surface area contributed by atoms with Crippen molar-refractivity contribution in [3.05, 3.63) is 52.8 Å². The maximum atomic E-state index is 11.5. The van der Waals surface area contributed by atoms with E-state index >= 15 is 0 Å². The Bertz CT molecular complexity index is 831. The molecule has 1 heterocycles. The zero-order chi connectivity index (χ0) is 21.4. The number of rotatable bonds is 8. The smallest absolute Gasteiger partial charge is 0.337 e. The Morgan fingerprint density at radius 3 is 2.53 bits per heavy atom. The van der Waals surface area contributed by atoms with Crippen LogP contribution in [-0.2, 0) is 24.8 Å². The number of carbonyl (C=O) groups excluding carboxylic acids is 1. The van der Waals surface area contributed by atoms with Gasteiger partial charge in [0.05, 0.1) is 18.4 Å². The number of nitrogens with one attached hydrogen (secondary N) is 1. The van der Waals surface area contributed by atoms with E-state index in [1.807, 2.05) is 30.9 Å². The van der Waals surface area contributed by atoms with Crippen molar-refractivity contribution in [1.82, 2.24) is 20.0 Å². The molecule has 0 spiro atoms. The lowest BCUT2D eigenvalue weighted by atomic mass is 10.1.